The predicted molar refractivity (Wildman–Crippen MR) is 388 cm³/mol. The maximum absolute atomic E-state index is 14.0. The molecular weight excluding hydrogens is 1310 g/mol. The Morgan fingerprint density at radius 2 is 1.06 bits per heavy atom. The highest BCUT2D eigenvalue weighted by Gasteiger charge is 2.34. The molecule has 1 aliphatic heterocycles. The van der Waals surface area contributed by atoms with Crippen molar-refractivity contribution >= 4 is 76.4 Å². The first-order chi connectivity index (χ1) is 48.8. The molecule has 2 fully saturated rings. The molecule has 24 heteroatoms. The normalized spacial score (nSPS) is 17.1. The lowest BCUT2D eigenvalue weighted by Crippen LogP contribution is -2.46. The number of rotatable bonds is 62. The van der Waals surface area contributed by atoms with E-state index in [1.165, 1.54) is 90.2 Å². The number of unbranched alkanes of at least 4 members (excludes halogenated alkanes) is 17. The molecule has 102 heavy (non-hydrogen) atoms. The lowest BCUT2D eigenvalue weighted by atomic mass is 9.78. The first-order valence-electron chi connectivity index (χ1n) is 38.7. The molecule has 0 radical (unpaired) electrons. The number of aliphatic carboxylic acids is 4. The standard InChI is InChI=1S/C78H126N6O18/c1-4-5-25-57(34-43-69(89)67(82-56(3)86)50-58-32-39-63(87)40-33-58)46-48-79-65(71(91)54-84-49-24-27-68(84)55(2)85)26-22-23-47-80-73(93)44-37-61(76(97)98)51-64(88)41-42-66(78(101)102)83-74(94)45-38-62(77(99)100)52-70(90)60-35-30-59(31-36-60)53-81-72(92)28-20-18-16-14-12-10-8-6-7-9-11-13-15-17-19-21-29-75(95)96/h32-33,39-40,57,59-62,65-68,79,87H,4-31,34-38,41-54H2,1-3H3,(H,80,93)(H,81,92)(H,82,86)(H,83,94)(H,95,96)(H,97,98)(H,99,100)(H,101,102)/t57-,59?,60?,61-,62-,65+,66+,67-,68+/m1/s1. The number of nitrogens with one attached hydrogen (secondary N) is 5. The first-order valence-corrected chi connectivity index (χ1v) is 38.7. The van der Waals surface area contributed by atoms with Crippen molar-refractivity contribution in [1.82, 2.24) is 31.5 Å². The number of likely N-dealkylation sites (tertiary alicyclic amines) is 1. The third kappa shape index (κ3) is 40.8. The molecular formula is C78H126N6O18. The van der Waals surface area contributed by atoms with Gasteiger partial charge in [-0.25, -0.2) is 4.79 Å². The second kappa shape index (κ2) is 52.9. The molecule has 7 atom stereocenters. The number of carbonyl (C=O) groups is 13. The van der Waals surface area contributed by atoms with Crippen molar-refractivity contribution in [2.75, 3.05) is 32.7 Å². The Balaban J connectivity index is 1.34. The van der Waals surface area contributed by atoms with Crippen LogP contribution in [0.3, 0.4) is 0 Å². The number of hydrogen-bond donors (Lipinski definition) is 10. The van der Waals surface area contributed by atoms with Gasteiger partial charge in [0.15, 0.2) is 11.6 Å². The second-order valence-electron chi connectivity index (χ2n) is 29.1. The average Bonchev–Trinajstić information content (AvgIpc) is 1.37. The summed E-state index contributed by atoms with van der Waals surface area (Å²) in [7, 11) is 0. The van der Waals surface area contributed by atoms with Gasteiger partial charge in [0.25, 0.3) is 0 Å². The van der Waals surface area contributed by atoms with Crippen LogP contribution >= 0.6 is 0 Å². The van der Waals surface area contributed by atoms with Crippen LogP contribution < -0.4 is 26.6 Å². The molecule has 0 bridgehead atoms. The van der Waals surface area contributed by atoms with E-state index in [4.69, 9.17) is 5.11 Å². The molecule has 3 rings (SSSR count). The third-order valence-corrected chi connectivity index (χ3v) is 20.5. The van der Waals surface area contributed by atoms with E-state index in [1.54, 1.807) is 12.1 Å². The van der Waals surface area contributed by atoms with Gasteiger partial charge in [0.2, 0.25) is 23.6 Å². The molecule has 24 nitrogen and oxygen atoms in total. The molecule has 1 aromatic carbocycles. The van der Waals surface area contributed by atoms with E-state index >= 15 is 0 Å². The number of benzene rings is 1. The van der Waals surface area contributed by atoms with E-state index in [0.717, 1.165) is 69.8 Å². The minimum atomic E-state index is -1.54. The van der Waals surface area contributed by atoms with Crippen LogP contribution in [0.25, 0.3) is 0 Å². The smallest absolute Gasteiger partial charge is 0.326 e. The zero-order valence-electron chi connectivity index (χ0n) is 61.7. The van der Waals surface area contributed by atoms with E-state index in [2.05, 4.69) is 33.5 Å². The van der Waals surface area contributed by atoms with Gasteiger partial charge >= 0.3 is 23.9 Å². The summed E-state index contributed by atoms with van der Waals surface area (Å²) >= 11 is 0. The summed E-state index contributed by atoms with van der Waals surface area (Å²) in [5, 5.41) is 62.7. The number of carboxylic acids is 4. The van der Waals surface area contributed by atoms with E-state index < -0.39 is 90.7 Å². The van der Waals surface area contributed by atoms with Crippen LogP contribution in [0.1, 0.15) is 290 Å². The summed E-state index contributed by atoms with van der Waals surface area (Å²) in [4.78, 5) is 166. The number of ketones is 5. The third-order valence-electron chi connectivity index (χ3n) is 20.5. The molecule has 4 amide bonds. The summed E-state index contributed by atoms with van der Waals surface area (Å²) in [5.74, 6) is -9.57. The fraction of sp³-hybridized carbons (Fsp3) is 0.756. The van der Waals surface area contributed by atoms with Gasteiger partial charge in [0.05, 0.1) is 36.5 Å². The largest absolute Gasteiger partial charge is 0.508 e. The van der Waals surface area contributed by atoms with Crippen LogP contribution in [0.2, 0.25) is 0 Å². The van der Waals surface area contributed by atoms with Crippen LogP contribution in [0.5, 0.6) is 5.75 Å². The maximum Gasteiger partial charge on any atom is 0.326 e. The van der Waals surface area contributed by atoms with Crippen LogP contribution in [0.4, 0.5) is 0 Å². The Hall–Kier alpha value is -6.95. The maximum atomic E-state index is 14.0. The fourth-order valence-corrected chi connectivity index (χ4v) is 14.1. The van der Waals surface area contributed by atoms with Gasteiger partial charge in [-0.3, -0.25) is 62.4 Å². The highest BCUT2D eigenvalue weighted by Crippen LogP contribution is 2.32. The molecule has 1 heterocycles. The minimum absolute atomic E-state index is 0.0107. The Labute approximate surface area is 605 Å². The molecule has 0 aromatic heterocycles. The highest BCUT2D eigenvalue weighted by molar-refractivity contribution is 5.90. The van der Waals surface area contributed by atoms with Crippen LogP contribution in [0.15, 0.2) is 24.3 Å². The Bertz CT molecular complexity index is 2730. The summed E-state index contributed by atoms with van der Waals surface area (Å²) < 4.78 is 0. The van der Waals surface area contributed by atoms with Gasteiger partial charge < -0.3 is 52.1 Å². The fourth-order valence-electron chi connectivity index (χ4n) is 14.1. The lowest BCUT2D eigenvalue weighted by Gasteiger charge is -2.28. The Kier molecular flexibility index (Phi) is 46.3. The number of nitrogens with zero attached hydrogens (tertiary/aromatic N) is 1. The second-order valence-corrected chi connectivity index (χ2v) is 29.1. The van der Waals surface area contributed by atoms with Gasteiger partial charge in [-0.05, 0) is 159 Å². The zero-order valence-corrected chi connectivity index (χ0v) is 61.7. The number of amides is 4. The first kappa shape index (κ1) is 89.3. The number of aromatic hydroxyl groups is 1. The molecule has 0 unspecified atom stereocenters. The Morgan fingerprint density at radius 3 is 1.62 bits per heavy atom. The summed E-state index contributed by atoms with van der Waals surface area (Å²) in [6.45, 7) is 6.97. The van der Waals surface area contributed by atoms with Crippen molar-refractivity contribution in [2.24, 2.45) is 29.6 Å². The molecule has 1 saturated carbocycles. The molecule has 2 aliphatic rings. The topological polar surface area (TPSA) is 386 Å². The van der Waals surface area contributed by atoms with Gasteiger partial charge in [0.1, 0.15) is 29.1 Å². The Morgan fingerprint density at radius 1 is 0.490 bits per heavy atom. The molecule has 1 aromatic rings. The van der Waals surface area contributed by atoms with Crippen LogP contribution in [-0.4, -0.2) is 164 Å². The number of phenols is 1. The van der Waals surface area contributed by atoms with E-state index in [0.29, 0.717) is 90.3 Å². The van der Waals surface area contributed by atoms with Crippen molar-refractivity contribution in [1.29, 1.82) is 0 Å². The lowest BCUT2D eigenvalue weighted by molar-refractivity contribution is -0.145. The monoisotopic (exact) mass is 1430 g/mol. The summed E-state index contributed by atoms with van der Waals surface area (Å²) in [6.07, 6.45) is 26.5. The number of carbonyl (C=O) groups excluding carboxylic acids is 9. The molecule has 10 N–H and O–H groups in total. The van der Waals surface area contributed by atoms with Crippen molar-refractivity contribution in [2.45, 2.75) is 315 Å². The minimum Gasteiger partial charge on any atom is -0.508 e. The number of Topliss-reactive ketones (excluding diaryl/α,β-unsaturated/α-hetero) is 5. The van der Waals surface area contributed by atoms with Crippen molar-refractivity contribution in [3.8, 4) is 5.75 Å². The van der Waals surface area contributed by atoms with Gasteiger partial charge in [-0.15, -0.1) is 0 Å². The number of carboxylic acid groups (broad SMARTS) is 4. The van der Waals surface area contributed by atoms with Gasteiger partial charge in [0, 0.05) is 77.3 Å². The van der Waals surface area contributed by atoms with Crippen molar-refractivity contribution in [3.05, 3.63) is 29.8 Å². The van der Waals surface area contributed by atoms with E-state index in [1.807, 2.05) is 4.90 Å². The quantitative estimate of drug-likeness (QED) is 0.0271. The summed E-state index contributed by atoms with van der Waals surface area (Å²) in [6, 6.07) is 3.37. The number of phenolic OH excluding ortho intramolecular Hbond substituents is 1. The molecule has 1 saturated heterocycles. The van der Waals surface area contributed by atoms with E-state index in [-0.39, 0.29) is 129 Å². The molecule has 0 spiro atoms. The predicted octanol–water partition coefficient (Wildman–Crippen LogP) is 11.1. The van der Waals surface area contributed by atoms with Crippen LogP contribution in [-0.2, 0) is 68.7 Å². The SMILES string of the molecule is CCCC[C@@H](CCN[C@@H](CCCCNC(=O)CC[C@H](CC(=O)CC[C@H](NC(=O)CC[C@H](CC(=O)C1CCC(CNC(=O)CCCCCCCCCCCCCCCCCCC(=O)O)CC1)C(=O)O)C(=O)O)C(=O)O)C(=O)CN1CCC[C@H]1C(C)=O)CCC(=O)[C@@H](Cc1ccc(O)cc1)NC(C)=O. The molecule has 576 valence electrons. The van der Waals surface area contributed by atoms with Crippen LogP contribution in [0, 0.1) is 29.6 Å². The summed E-state index contributed by atoms with van der Waals surface area (Å²) in [5.41, 5.74) is 0.799. The van der Waals surface area contributed by atoms with Crippen molar-refractivity contribution < 1.29 is 87.9 Å². The van der Waals surface area contributed by atoms with Crippen molar-refractivity contribution in [3.63, 3.8) is 0 Å². The average molecular weight is 1440 g/mol. The van der Waals surface area contributed by atoms with Gasteiger partial charge in [-0.2, -0.15) is 0 Å². The zero-order chi connectivity index (χ0) is 75.0. The number of hydrogen-bond acceptors (Lipinski definition) is 16. The molecule has 1 aliphatic carbocycles. The van der Waals surface area contributed by atoms with E-state index in [9.17, 15) is 82.8 Å². The highest BCUT2D eigenvalue weighted by atomic mass is 16.4. The van der Waals surface area contributed by atoms with Gasteiger partial charge in [-0.1, -0.05) is 128 Å².